The number of nitrogens with one attached hydrogen (secondary N) is 1. The fourth-order valence-corrected chi connectivity index (χ4v) is 5.29. The summed E-state index contributed by atoms with van der Waals surface area (Å²) in [6.45, 7) is 0.254. The van der Waals surface area contributed by atoms with Crippen LogP contribution in [0.25, 0.3) is 0 Å². The van der Waals surface area contributed by atoms with Crippen LogP contribution in [0.4, 0.5) is 0 Å². The SMILES string of the molecule is N#Cc1cccn1C(=O)CNC1C2CC3C[C@H]1CC(O)(C3)C2. The maximum absolute atomic E-state index is 12.3. The zero-order valence-electron chi connectivity index (χ0n) is 12.5. The zero-order chi connectivity index (χ0) is 15.3. The minimum atomic E-state index is -0.437. The van der Waals surface area contributed by atoms with Crippen molar-refractivity contribution in [1.29, 1.82) is 5.26 Å². The topological polar surface area (TPSA) is 78.0 Å². The van der Waals surface area contributed by atoms with E-state index < -0.39 is 5.60 Å². The van der Waals surface area contributed by atoms with Gasteiger partial charge in [-0.15, -0.1) is 0 Å². The maximum atomic E-state index is 12.3. The van der Waals surface area contributed by atoms with Crippen LogP contribution < -0.4 is 5.32 Å². The number of aliphatic hydroxyl groups is 1. The van der Waals surface area contributed by atoms with E-state index in [4.69, 9.17) is 5.26 Å². The van der Waals surface area contributed by atoms with E-state index >= 15 is 0 Å². The van der Waals surface area contributed by atoms with Crippen LogP contribution in [0.15, 0.2) is 18.3 Å². The van der Waals surface area contributed by atoms with Crippen molar-refractivity contribution in [2.24, 2.45) is 17.8 Å². The molecule has 0 aliphatic heterocycles. The smallest absolute Gasteiger partial charge is 0.245 e. The largest absolute Gasteiger partial charge is 0.390 e. The second kappa shape index (κ2) is 4.94. The Balaban J connectivity index is 1.43. The van der Waals surface area contributed by atoms with Crippen LogP contribution in [0.2, 0.25) is 0 Å². The quantitative estimate of drug-likeness (QED) is 0.887. The number of carbonyl (C=O) groups excluding carboxylic acids is 1. The Morgan fingerprint density at radius 3 is 2.77 bits per heavy atom. The zero-order valence-corrected chi connectivity index (χ0v) is 12.5. The van der Waals surface area contributed by atoms with Gasteiger partial charge in [0.25, 0.3) is 0 Å². The van der Waals surface area contributed by atoms with Gasteiger partial charge in [0.15, 0.2) is 0 Å². The van der Waals surface area contributed by atoms with Gasteiger partial charge in [0, 0.05) is 12.2 Å². The van der Waals surface area contributed by atoms with Crippen molar-refractivity contribution in [3.63, 3.8) is 0 Å². The van der Waals surface area contributed by atoms with E-state index in [1.807, 2.05) is 6.07 Å². The highest BCUT2D eigenvalue weighted by Crippen LogP contribution is 2.55. The van der Waals surface area contributed by atoms with E-state index in [1.165, 1.54) is 17.4 Å². The van der Waals surface area contributed by atoms with Crippen molar-refractivity contribution in [3.8, 4) is 6.07 Å². The van der Waals surface area contributed by atoms with E-state index in [-0.39, 0.29) is 12.5 Å². The summed E-state index contributed by atoms with van der Waals surface area (Å²) in [4.78, 5) is 12.3. The summed E-state index contributed by atoms with van der Waals surface area (Å²) in [6.07, 6.45) is 6.72. The van der Waals surface area contributed by atoms with Crippen LogP contribution in [-0.4, -0.2) is 33.8 Å². The average Bonchev–Trinajstić information content (AvgIpc) is 2.93. The Morgan fingerprint density at radius 1 is 1.41 bits per heavy atom. The van der Waals surface area contributed by atoms with Crippen molar-refractivity contribution in [2.45, 2.75) is 43.7 Å². The van der Waals surface area contributed by atoms with Gasteiger partial charge < -0.3 is 10.4 Å². The normalized spacial score (nSPS) is 38.9. The monoisotopic (exact) mass is 299 g/mol. The van der Waals surface area contributed by atoms with E-state index in [0.29, 0.717) is 29.5 Å². The van der Waals surface area contributed by atoms with Crippen molar-refractivity contribution < 1.29 is 9.90 Å². The molecule has 4 saturated carbocycles. The predicted molar refractivity (Wildman–Crippen MR) is 80.1 cm³/mol. The van der Waals surface area contributed by atoms with E-state index in [1.54, 1.807) is 18.3 Å². The summed E-state index contributed by atoms with van der Waals surface area (Å²) in [5, 5.41) is 23.0. The van der Waals surface area contributed by atoms with Gasteiger partial charge in [0.2, 0.25) is 5.91 Å². The number of nitriles is 1. The molecule has 0 aromatic carbocycles. The van der Waals surface area contributed by atoms with Crippen LogP contribution in [0.5, 0.6) is 0 Å². The predicted octanol–water partition coefficient (Wildman–Crippen LogP) is 1.53. The summed E-state index contributed by atoms with van der Waals surface area (Å²) in [5.74, 6) is 1.56. The summed E-state index contributed by atoms with van der Waals surface area (Å²) in [5.41, 5.74) is -0.0567. The lowest BCUT2D eigenvalue weighted by molar-refractivity contribution is -0.138. The molecule has 4 aliphatic carbocycles. The Bertz CT molecular complexity index is 629. The van der Waals surface area contributed by atoms with Crippen LogP contribution in [-0.2, 0) is 0 Å². The molecule has 5 rings (SSSR count). The third-order valence-corrected chi connectivity index (χ3v) is 5.86. The number of aromatic nitrogens is 1. The summed E-state index contributed by atoms with van der Waals surface area (Å²) < 4.78 is 1.41. The third kappa shape index (κ3) is 2.18. The first-order valence-corrected chi connectivity index (χ1v) is 8.14. The first-order valence-electron chi connectivity index (χ1n) is 8.14. The Labute approximate surface area is 129 Å². The molecule has 4 unspecified atom stereocenters. The molecule has 116 valence electrons. The molecule has 1 aromatic rings. The molecule has 2 N–H and O–H groups in total. The van der Waals surface area contributed by atoms with Gasteiger partial charge in [-0.2, -0.15) is 5.26 Å². The molecule has 4 bridgehead atoms. The second-order valence-corrected chi connectivity index (χ2v) is 7.37. The Morgan fingerprint density at radius 2 is 2.14 bits per heavy atom. The third-order valence-electron chi connectivity index (χ3n) is 5.86. The van der Waals surface area contributed by atoms with Crippen LogP contribution in [0.1, 0.15) is 42.6 Å². The fourth-order valence-electron chi connectivity index (χ4n) is 5.29. The first-order chi connectivity index (χ1) is 10.6. The van der Waals surface area contributed by atoms with Crippen molar-refractivity contribution >= 4 is 5.91 Å². The van der Waals surface area contributed by atoms with Gasteiger partial charge in [-0.25, -0.2) is 0 Å². The van der Waals surface area contributed by atoms with Crippen molar-refractivity contribution in [1.82, 2.24) is 9.88 Å². The highest BCUT2D eigenvalue weighted by atomic mass is 16.3. The molecule has 22 heavy (non-hydrogen) atoms. The number of nitrogens with zero attached hydrogens (tertiary/aromatic N) is 2. The molecule has 4 fully saturated rings. The molecule has 1 aromatic heterocycles. The Kier molecular flexibility index (Phi) is 3.14. The molecule has 0 spiro atoms. The minimum absolute atomic E-state index is 0.0888. The van der Waals surface area contributed by atoms with Gasteiger partial charge in [-0.05, 0) is 62.0 Å². The molecular weight excluding hydrogens is 278 g/mol. The lowest BCUT2D eigenvalue weighted by atomic mass is 9.52. The molecule has 5 nitrogen and oxygen atoms in total. The summed E-state index contributed by atoms with van der Waals surface area (Å²) in [7, 11) is 0. The fraction of sp³-hybridized carbons (Fsp3) is 0.647. The number of hydrogen-bond acceptors (Lipinski definition) is 4. The van der Waals surface area contributed by atoms with Gasteiger partial charge in [0.05, 0.1) is 12.1 Å². The lowest BCUT2D eigenvalue weighted by Gasteiger charge is -2.58. The number of carbonyl (C=O) groups is 1. The molecule has 5 atom stereocenters. The molecule has 0 saturated heterocycles. The van der Waals surface area contributed by atoms with Crippen molar-refractivity contribution in [3.05, 3.63) is 24.0 Å². The molecule has 0 radical (unpaired) electrons. The average molecular weight is 299 g/mol. The number of rotatable bonds is 3. The Hall–Kier alpha value is -1.64. The molecule has 1 heterocycles. The maximum Gasteiger partial charge on any atom is 0.245 e. The number of hydrogen-bond donors (Lipinski definition) is 2. The highest BCUT2D eigenvalue weighted by Gasteiger charge is 2.54. The van der Waals surface area contributed by atoms with Gasteiger partial charge in [-0.3, -0.25) is 9.36 Å². The van der Waals surface area contributed by atoms with E-state index in [9.17, 15) is 9.90 Å². The molecular formula is C17H21N3O2. The highest BCUT2D eigenvalue weighted by molar-refractivity contribution is 5.82. The molecule has 0 amide bonds. The van der Waals surface area contributed by atoms with Crippen molar-refractivity contribution in [2.75, 3.05) is 6.54 Å². The summed E-state index contributed by atoms with van der Waals surface area (Å²) >= 11 is 0. The van der Waals surface area contributed by atoms with Gasteiger partial charge >= 0.3 is 0 Å². The minimum Gasteiger partial charge on any atom is -0.390 e. The first kappa shape index (κ1) is 14.0. The van der Waals surface area contributed by atoms with E-state index in [2.05, 4.69) is 5.32 Å². The molecule has 4 aliphatic rings. The standard InChI is InChI=1S/C17H21N3O2/c18-9-14-2-1-3-20(14)15(21)10-19-16-12-4-11-5-13(16)8-17(22,6-11)7-12/h1-3,11-13,16,19,22H,4-8,10H2/t11?,12-,13?,16?,17?/m0/s1. The molecule has 5 heteroatoms. The van der Waals surface area contributed by atoms with E-state index in [0.717, 1.165) is 19.3 Å². The van der Waals surface area contributed by atoms with Crippen LogP contribution in [0.3, 0.4) is 0 Å². The van der Waals surface area contributed by atoms with Crippen LogP contribution >= 0.6 is 0 Å². The van der Waals surface area contributed by atoms with Crippen LogP contribution in [0, 0.1) is 29.1 Å². The van der Waals surface area contributed by atoms with Gasteiger partial charge in [-0.1, -0.05) is 0 Å². The summed E-state index contributed by atoms with van der Waals surface area (Å²) in [6, 6.07) is 5.73. The lowest BCUT2D eigenvalue weighted by Crippen LogP contribution is -2.61. The second-order valence-electron chi connectivity index (χ2n) is 7.37. The van der Waals surface area contributed by atoms with Gasteiger partial charge in [0.1, 0.15) is 11.8 Å².